The van der Waals surface area contributed by atoms with Crippen molar-refractivity contribution < 1.29 is 24.9 Å². The van der Waals surface area contributed by atoms with Gasteiger partial charge in [-0.1, -0.05) is 23.2 Å². The molecule has 1 aliphatic rings. The van der Waals surface area contributed by atoms with Gasteiger partial charge in [0.15, 0.2) is 5.78 Å². The van der Waals surface area contributed by atoms with Crippen molar-refractivity contribution in [2.45, 2.75) is 6.92 Å². The van der Waals surface area contributed by atoms with Crippen LogP contribution in [-0.2, 0) is 0 Å². The third-order valence-electron chi connectivity index (χ3n) is 3.56. The highest BCUT2D eigenvalue weighted by Crippen LogP contribution is 2.45. The summed E-state index contributed by atoms with van der Waals surface area (Å²) in [6, 6.07) is 2.13. The Balaban J connectivity index is 2.49. The topological polar surface area (TPSA) is 94.8 Å². The van der Waals surface area contributed by atoms with Crippen molar-refractivity contribution in [1.29, 1.82) is 0 Å². The summed E-state index contributed by atoms with van der Waals surface area (Å²) in [7, 11) is 0. The highest BCUT2D eigenvalue weighted by atomic mass is 35.5. The van der Waals surface area contributed by atoms with Crippen molar-refractivity contribution >= 4 is 34.8 Å². The molecule has 3 rings (SSSR count). The number of benzene rings is 2. The minimum Gasteiger partial charge on any atom is -0.507 e. The van der Waals surface area contributed by atoms with Crippen LogP contribution in [0.5, 0.6) is 17.2 Å². The molecular weight excluding hydrogens is 331 g/mol. The van der Waals surface area contributed by atoms with Gasteiger partial charge < -0.3 is 15.3 Å². The fourth-order valence-corrected chi connectivity index (χ4v) is 3.01. The quantitative estimate of drug-likeness (QED) is 0.585. The zero-order valence-corrected chi connectivity index (χ0v) is 12.6. The average Bonchev–Trinajstić information content (AvgIpc) is 2.44. The van der Waals surface area contributed by atoms with Gasteiger partial charge in [0.2, 0.25) is 5.78 Å². The molecule has 0 saturated heterocycles. The summed E-state index contributed by atoms with van der Waals surface area (Å²) >= 11 is 12.0. The lowest BCUT2D eigenvalue weighted by Crippen LogP contribution is -2.22. The summed E-state index contributed by atoms with van der Waals surface area (Å²) < 4.78 is 0. The van der Waals surface area contributed by atoms with Crippen LogP contribution in [0.3, 0.4) is 0 Å². The molecule has 112 valence electrons. The van der Waals surface area contributed by atoms with E-state index in [0.29, 0.717) is 5.56 Å². The van der Waals surface area contributed by atoms with Crippen LogP contribution in [0.2, 0.25) is 10.0 Å². The molecule has 1 aliphatic carbocycles. The van der Waals surface area contributed by atoms with Gasteiger partial charge in [-0.05, 0) is 18.6 Å². The molecule has 0 unspecified atom stereocenters. The Bertz CT molecular complexity index is 817. The number of halogens is 2. The maximum absolute atomic E-state index is 12.6. The molecule has 3 N–H and O–H groups in total. The fraction of sp³-hybridized carbons (Fsp3) is 0.0667. The second-order valence-corrected chi connectivity index (χ2v) is 5.67. The number of phenolic OH excluding ortho intramolecular Hbond substituents is 3. The normalized spacial score (nSPS) is 13.0. The van der Waals surface area contributed by atoms with E-state index in [4.69, 9.17) is 23.2 Å². The van der Waals surface area contributed by atoms with Gasteiger partial charge in [0, 0.05) is 6.07 Å². The first-order valence-corrected chi connectivity index (χ1v) is 6.87. The first kappa shape index (κ1) is 14.7. The zero-order valence-electron chi connectivity index (χ0n) is 11.1. The number of aryl methyl sites for hydroxylation is 1. The lowest BCUT2D eigenvalue weighted by atomic mass is 9.82. The summed E-state index contributed by atoms with van der Waals surface area (Å²) in [5.74, 6) is -3.08. The number of hydrogen-bond acceptors (Lipinski definition) is 5. The Morgan fingerprint density at radius 2 is 1.18 bits per heavy atom. The van der Waals surface area contributed by atoms with E-state index >= 15 is 0 Å². The average molecular weight is 339 g/mol. The van der Waals surface area contributed by atoms with Crippen LogP contribution < -0.4 is 0 Å². The molecule has 0 aliphatic heterocycles. The van der Waals surface area contributed by atoms with Crippen LogP contribution in [0.1, 0.15) is 37.4 Å². The second kappa shape index (κ2) is 4.63. The van der Waals surface area contributed by atoms with Gasteiger partial charge in [-0.25, -0.2) is 0 Å². The SMILES string of the molecule is Cc1cc(O)c2c(c1Cl)C(=O)c1c(Cl)c(O)cc(O)c1C2=O. The molecule has 5 nitrogen and oxygen atoms in total. The van der Waals surface area contributed by atoms with E-state index in [0.717, 1.165) is 6.07 Å². The van der Waals surface area contributed by atoms with E-state index in [1.807, 2.05) is 0 Å². The molecule has 7 heteroatoms. The highest BCUT2D eigenvalue weighted by Gasteiger charge is 2.39. The van der Waals surface area contributed by atoms with Crippen LogP contribution >= 0.6 is 23.2 Å². The molecule has 0 radical (unpaired) electrons. The van der Waals surface area contributed by atoms with E-state index < -0.39 is 28.8 Å². The van der Waals surface area contributed by atoms with Crippen molar-refractivity contribution in [3.05, 3.63) is 50.0 Å². The Kier molecular flexibility index (Phi) is 3.09. The first-order chi connectivity index (χ1) is 10.3. The molecule has 2 aromatic carbocycles. The van der Waals surface area contributed by atoms with Gasteiger partial charge in [0.1, 0.15) is 17.2 Å². The van der Waals surface area contributed by atoms with E-state index in [1.165, 1.54) is 6.07 Å². The van der Waals surface area contributed by atoms with Crippen LogP contribution in [-0.4, -0.2) is 26.9 Å². The molecule has 2 aromatic rings. The Hall–Kier alpha value is -2.24. The second-order valence-electron chi connectivity index (χ2n) is 4.91. The monoisotopic (exact) mass is 338 g/mol. The number of aromatic hydroxyl groups is 3. The zero-order chi connectivity index (χ0) is 16.3. The summed E-state index contributed by atoms with van der Waals surface area (Å²) in [4.78, 5) is 25.2. The van der Waals surface area contributed by atoms with Gasteiger partial charge >= 0.3 is 0 Å². The minimum absolute atomic E-state index is 0.00991. The van der Waals surface area contributed by atoms with Gasteiger partial charge in [0.25, 0.3) is 0 Å². The van der Waals surface area contributed by atoms with Gasteiger partial charge in [0.05, 0.1) is 32.3 Å². The third kappa shape index (κ3) is 1.73. The number of phenols is 3. The van der Waals surface area contributed by atoms with Crippen molar-refractivity contribution in [3.63, 3.8) is 0 Å². The lowest BCUT2D eigenvalue weighted by molar-refractivity contribution is 0.0974. The van der Waals surface area contributed by atoms with Gasteiger partial charge in [-0.15, -0.1) is 0 Å². The molecule has 0 fully saturated rings. The van der Waals surface area contributed by atoms with Crippen molar-refractivity contribution in [1.82, 2.24) is 0 Å². The van der Waals surface area contributed by atoms with Crippen molar-refractivity contribution in [3.8, 4) is 17.2 Å². The number of ketones is 2. The number of carbonyl (C=O) groups is 2. The van der Waals surface area contributed by atoms with Crippen LogP contribution in [0, 0.1) is 6.92 Å². The van der Waals surface area contributed by atoms with E-state index in [2.05, 4.69) is 0 Å². The predicted molar refractivity (Wildman–Crippen MR) is 79.5 cm³/mol. The molecule has 0 heterocycles. The molecule has 0 bridgehead atoms. The van der Waals surface area contributed by atoms with E-state index in [-0.39, 0.29) is 32.3 Å². The molecule has 0 atom stereocenters. The van der Waals surface area contributed by atoms with E-state index in [9.17, 15) is 24.9 Å². The first-order valence-electron chi connectivity index (χ1n) is 6.11. The molecule has 0 saturated carbocycles. The highest BCUT2D eigenvalue weighted by molar-refractivity contribution is 6.44. The summed E-state index contributed by atoms with van der Waals surface area (Å²) in [5.41, 5.74) is -0.768. The van der Waals surface area contributed by atoms with Crippen LogP contribution in [0.15, 0.2) is 12.1 Å². The number of rotatable bonds is 0. The van der Waals surface area contributed by atoms with Crippen molar-refractivity contribution in [2.75, 3.05) is 0 Å². The summed E-state index contributed by atoms with van der Waals surface area (Å²) in [6.07, 6.45) is 0. The van der Waals surface area contributed by atoms with Crippen LogP contribution in [0.25, 0.3) is 0 Å². The Labute approximate surface area is 134 Å². The maximum Gasteiger partial charge on any atom is 0.202 e. The molecule has 0 aromatic heterocycles. The lowest BCUT2D eigenvalue weighted by Gasteiger charge is -2.22. The van der Waals surface area contributed by atoms with Gasteiger partial charge in [-0.2, -0.15) is 0 Å². The molecule has 0 amide bonds. The number of hydrogen-bond donors (Lipinski definition) is 3. The summed E-state index contributed by atoms with van der Waals surface area (Å²) in [5, 5.41) is 29.2. The fourth-order valence-electron chi connectivity index (χ4n) is 2.54. The number of fused-ring (bicyclic) bond motifs is 2. The van der Waals surface area contributed by atoms with Crippen molar-refractivity contribution in [2.24, 2.45) is 0 Å². The largest absolute Gasteiger partial charge is 0.507 e. The molecular formula is C15H8Cl2O5. The smallest absolute Gasteiger partial charge is 0.202 e. The Morgan fingerprint density at radius 1 is 0.727 bits per heavy atom. The van der Waals surface area contributed by atoms with Crippen LogP contribution in [0.4, 0.5) is 0 Å². The predicted octanol–water partition coefficient (Wildman–Crippen LogP) is 3.19. The van der Waals surface area contributed by atoms with Gasteiger partial charge in [-0.3, -0.25) is 9.59 Å². The standard InChI is InChI=1S/C15H8Cl2O5/c1-4-2-5(18)8-10(12(4)16)15(22)11-9(14(8)21)6(19)3-7(20)13(11)17/h2-3,18-20H,1H3. The molecule has 22 heavy (non-hydrogen) atoms. The third-order valence-corrected chi connectivity index (χ3v) is 4.43. The minimum atomic E-state index is -0.789. The summed E-state index contributed by atoms with van der Waals surface area (Å²) in [6.45, 7) is 1.57. The van der Waals surface area contributed by atoms with E-state index in [1.54, 1.807) is 6.92 Å². The maximum atomic E-state index is 12.6. The number of carbonyl (C=O) groups excluding carboxylic acids is 2. The molecule has 0 spiro atoms. The Morgan fingerprint density at radius 3 is 1.77 bits per heavy atom.